The summed E-state index contributed by atoms with van der Waals surface area (Å²) in [5.41, 5.74) is 7.41. The molecule has 1 aliphatic heterocycles. The molecule has 2 unspecified atom stereocenters. The Balaban J connectivity index is 1.75. The van der Waals surface area contributed by atoms with Gasteiger partial charge in [0.2, 0.25) is 0 Å². The third-order valence-corrected chi connectivity index (χ3v) is 4.64. The molecule has 0 saturated carbocycles. The summed E-state index contributed by atoms with van der Waals surface area (Å²) in [5, 5.41) is 0. The molecule has 1 heterocycles. The molecule has 4 nitrogen and oxygen atoms in total. The molecule has 0 spiro atoms. The molecule has 2 atom stereocenters. The second-order valence-corrected chi connectivity index (χ2v) is 6.40. The second kappa shape index (κ2) is 7.49. The zero-order valence-electron chi connectivity index (χ0n) is 14.0. The van der Waals surface area contributed by atoms with Gasteiger partial charge in [0.05, 0.1) is 0 Å². The van der Waals surface area contributed by atoms with Gasteiger partial charge in [0, 0.05) is 23.7 Å². The lowest BCUT2D eigenvalue weighted by atomic mass is 10.1. The topological polar surface area (TPSA) is 55.6 Å². The van der Waals surface area contributed by atoms with Crippen LogP contribution in [0.5, 0.6) is 5.75 Å². The van der Waals surface area contributed by atoms with E-state index in [0.717, 1.165) is 29.8 Å². The van der Waals surface area contributed by atoms with Gasteiger partial charge in [0.25, 0.3) is 5.91 Å². The van der Waals surface area contributed by atoms with E-state index < -0.39 is 0 Å². The Morgan fingerprint density at radius 3 is 2.58 bits per heavy atom. The van der Waals surface area contributed by atoms with Gasteiger partial charge in [-0.1, -0.05) is 36.4 Å². The first-order valence-electron chi connectivity index (χ1n) is 8.46. The molecule has 2 aromatic rings. The Morgan fingerprint density at radius 1 is 1.17 bits per heavy atom. The molecule has 24 heavy (non-hydrogen) atoms. The van der Waals surface area contributed by atoms with Crippen molar-refractivity contribution in [2.24, 2.45) is 11.7 Å². The van der Waals surface area contributed by atoms with Gasteiger partial charge in [-0.25, -0.2) is 0 Å². The Labute approximate surface area is 143 Å². The highest BCUT2D eigenvalue weighted by Gasteiger charge is 2.32. The SMILES string of the molecule is CC1CC(CN)CN1C(=O)c1ccccc1COc1ccccc1. The fourth-order valence-electron chi connectivity index (χ4n) is 3.28. The Bertz CT molecular complexity index is 687. The maximum Gasteiger partial charge on any atom is 0.254 e. The molecule has 3 rings (SSSR count). The van der Waals surface area contributed by atoms with Gasteiger partial charge in [-0.05, 0) is 44.0 Å². The number of para-hydroxylation sites is 1. The van der Waals surface area contributed by atoms with Gasteiger partial charge in [-0.2, -0.15) is 0 Å². The van der Waals surface area contributed by atoms with E-state index in [-0.39, 0.29) is 11.9 Å². The summed E-state index contributed by atoms with van der Waals surface area (Å²) >= 11 is 0. The Hall–Kier alpha value is -2.33. The van der Waals surface area contributed by atoms with Crippen LogP contribution in [0.4, 0.5) is 0 Å². The molecule has 0 bridgehead atoms. The van der Waals surface area contributed by atoms with E-state index in [9.17, 15) is 4.79 Å². The molecule has 0 radical (unpaired) electrons. The van der Waals surface area contributed by atoms with Crippen molar-refractivity contribution in [1.29, 1.82) is 0 Å². The highest BCUT2D eigenvalue weighted by molar-refractivity contribution is 5.96. The van der Waals surface area contributed by atoms with Crippen molar-refractivity contribution in [2.45, 2.75) is 26.0 Å². The standard InChI is InChI=1S/C20H24N2O2/c1-15-11-16(12-21)13-22(15)20(23)19-10-6-5-7-17(19)14-24-18-8-3-2-4-9-18/h2-10,15-16H,11-14,21H2,1H3. The normalized spacial score (nSPS) is 20.2. The van der Waals surface area contributed by atoms with Crippen LogP contribution in [0.3, 0.4) is 0 Å². The minimum atomic E-state index is 0.0747. The fourth-order valence-corrected chi connectivity index (χ4v) is 3.28. The first kappa shape index (κ1) is 16.5. The van der Waals surface area contributed by atoms with Gasteiger partial charge in [0.15, 0.2) is 0 Å². The largest absolute Gasteiger partial charge is 0.489 e. The van der Waals surface area contributed by atoms with Crippen molar-refractivity contribution in [1.82, 2.24) is 4.90 Å². The fraction of sp³-hybridized carbons (Fsp3) is 0.350. The number of rotatable bonds is 5. The van der Waals surface area contributed by atoms with Crippen LogP contribution < -0.4 is 10.5 Å². The van der Waals surface area contributed by atoms with Crippen molar-refractivity contribution < 1.29 is 9.53 Å². The van der Waals surface area contributed by atoms with Gasteiger partial charge in [-0.3, -0.25) is 4.79 Å². The van der Waals surface area contributed by atoms with E-state index in [0.29, 0.717) is 19.1 Å². The molecule has 126 valence electrons. The number of amides is 1. The van der Waals surface area contributed by atoms with Crippen molar-refractivity contribution in [3.8, 4) is 5.75 Å². The number of hydrogen-bond donors (Lipinski definition) is 1. The smallest absolute Gasteiger partial charge is 0.254 e. The Morgan fingerprint density at radius 2 is 1.88 bits per heavy atom. The summed E-state index contributed by atoms with van der Waals surface area (Å²) < 4.78 is 5.82. The molecular formula is C20H24N2O2. The van der Waals surface area contributed by atoms with Crippen molar-refractivity contribution in [3.05, 3.63) is 65.7 Å². The Kier molecular flexibility index (Phi) is 5.16. The maximum atomic E-state index is 13.0. The highest BCUT2D eigenvalue weighted by Crippen LogP contribution is 2.25. The van der Waals surface area contributed by atoms with Crippen LogP contribution >= 0.6 is 0 Å². The average molecular weight is 324 g/mol. The van der Waals surface area contributed by atoms with Gasteiger partial charge in [-0.15, -0.1) is 0 Å². The summed E-state index contributed by atoms with van der Waals surface area (Å²) in [6.07, 6.45) is 0.977. The van der Waals surface area contributed by atoms with Crippen molar-refractivity contribution in [3.63, 3.8) is 0 Å². The van der Waals surface area contributed by atoms with Gasteiger partial charge in [0.1, 0.15) is 12.4 Å². The molecule has 2 N–H and O–H groups in total. The highest BCUT2D eigenvalue weighted by atomic mass is 16.5. The number of likely N-dealkylation sites (tertiary alicyclic amines) is 1. The number of ether oxygens (including phenoxy) is 1. The third kappa shape index (κ3) is 3.60. The number of carbonyl (C=O) groups excluding carboxylic acids is 1. The van der Waals surface area contributed by atoms with Crippen LogP contribution in [0.15, 0.2) is 54.6 Å². The summed E-state index contributed by atoms with van der Waals surface area (Å²) in [5.74, 6) is 1.28. The molecule has 0 aromatic heterocycles. The molecule has 1 amide bonds. The third-order valence-electron chi connectivity index (χ3n) is 4.64. The van der Waals surface area contributed by atoms with Crippen LogP contribution in [0, 0.1) is 5.92 Å². The number of carbonyl (C=O) groups is 1. The monoisotopic (exact) mass is 324 g/mol. The minimum absolute atomic E-state index is 0.0747. The molecule has 1 aliphatic rings. The summed E-state index contributed by atoms with van der Waals surface area (Å²) in [6.45, 7) is 3.85. The lowest BCUT2D eigenvalue weighted by molar-refractivity contribution is 0.0740. The van der Waals surface area contributed by atoms with Crippen LogP contribution in [-0.4, -0.2) is 29.9 Å². The summed E-state index contributed by atoms with van der Waals surface area (Å²) in [7, 11) is 0. The van der Waals surface area contributed by atoms with Crippen LogP contribution in [0.2, 0.25) is 0 Å². The van der Waals surface area contributed by atoms with E-state index in [1.165, 1.54) is 0 Å². The first-order chi connectivity index (χ1) is 11.7. The average Bonchev–Trinajstić information content (AvgIpc) is 3.01. The lowest BCUT2D eigenvalue weighted by Gasteiger charge is -2.23. The van der Waals surface area contributed by atoms with Gasteiger partial charge >= 0.3 is 0 Å². The van der Waals surface area contributed by atoms with E-state index in [2.05, 4.69) is 6.92 Å². The zero-order valence-corrected chi connectivity index (χ0v) is 14.0. The molecule has 1 fully saturated rings. The molecule has 1 saturated heterocycles. The first-order valence-corrected chi connectivity index (χ1v) is 8.46. The zero-order chi connectivity index (χ0) is 16.9. The number of benzene rings is 2. The van der Waals surface area contributed by atoms with Gasteiger partial charge < -0.3 is 15.4 Å². The van der Waals surface area contributed by atoms with Crippen LogP contribution in [0.1, 0.15) is 29.3 Å². The van der Waals surface area contributed by atoms with E-state index in [4.69, 9.17) is 10.5 Å². The molecular weight excluding hydrogens is 300 g/mol. The van der Waals surface area contributed by atoms with E-state index in [1.807, 2.05) is 59.5 Å². The molecule has 4 heteroatoms. The number of nitrogens with zero attached hydrogens (tertiary/aromatic N) is 1. The predicted molar refractivity (Wildman–Crippen MR) is 94.9 cm³/mol. The number of nitrogens with two attached hydrogens (primary N) is 1. The predicted octanol–water partition coefficient (Wildman–Crippen LogP) is 3.07. The maximum absolute atomic E-state index is 13.0. The van der Waals surface area contributed by atoms with Crippen molar-refractivity contribution in [2.75, 3.05) is 13.1 Å². The van der Waals surface area contributed by atoms with Crippen LogP contribution in [0.25, 0.3) is 0 Å². The van der Waals surface area contributed by atoms with Crippen LogP contribution in [-0.2, 0) is 6.61 Å². The van der Waals surface area contributed by atoms with E-state index >= 15 is 0 Å². The lowest BCUT2D eigenvalue weighted by Crippen LogP contribution is -2.35. The quantitative estimate of drug-likeness (QED) is 0.919. The second-order valence-electron chi connectivity index (χ2n) is 6.40. The molecule has 0 aliphatic carbocycles. The number of hydrogen-bond acceptors (Lipinski definition) is 3. The molecule has 2 aromatic carbocycles. The minimum Gasteiger partial charge on any atom is -0.489 e. The van der Waals surface area contributed by atoms with Crippen molar-refractivity contribution >= 4 is 5.91 Å². The summed E-state index contributed by atoms with van der Waals surface area (Å²) in [4.78, 5) is 14.9. The van der Waals surface area contributed by atoms with E-state index in [1.54, 1.807) is 0 Å². The summed E-state index contributed by atoms with van der Waals surface area (Å²) in [6, 6.07) is 17.6.